The van der Waals surface area contributed by atoms with Crippen molar-refractivity contribution in [2.45, 2.75) is 45.7 Å². The summed E-state index contributed by atoms with van der Waals surface area (Å²) in [5.74, 6) is 1.24. The molecule has 0 radical (unpaired) electrons. The van der Waals surface area contributed by atoms with Crippen LogP contribution in [0.25, 0.3) is 10.4 Å². The highest BCUT2D eigenvalue weighted by atomic mass is 32.1. The lowest BCUT2D eigenvalue weighted by Crippen LogP contribution is -2.35. The van der Waals surface area contributed by atoms with E-state index in [1.165, 1.54) is 12.8 Å². The molecule has 0 N–H and O–H groups in total. The van der Waals surface area contributed by atoms with Crippen LogP contribution in [0.2, 0.25) is 0 Å². The summed E-state index contributed by atoms with van der Waals surface area (Å²) in [6.07, 6.45) is 3.36. The average Bonchev–Trinajstić information content (AvgIpc) is 3.36. The number of ether oxygens (including phenoxy) is 1. The van der Waals surface area contributed by atoms with Gasteiger partial charge in [-0.2, -0.15) is 0 Å². The number of aromatic nitrogens is 1. The SMILES string of the molecule is Cc1nc(CC2COC2)sc1-c1cc2c(c(P(C)(C)=O)c1)C(=O)N([C@@H](C)C1CC1)C2. The molecule has 3 aliphatic rings. The Morgan fingerprint density at radius 2 is 2.03 bits per heavy atom. The maximum Gasteiger partial charge on any atom is 0.255 e. The van der Waals surface area contributed by atoms with E-state index in [1.807, 2.05) is 17.9 Å². The number of rotatable bonds is 6. The monoisotopic (exact) mass is 444 g/mol. The van der Waals surface area contributed by atoms with Gasteiger partial charge in [0.1, 0.15) is 7.14 Å². The minimum atomic E-state index is -2.62. The largest absolute Gasteiger partial charge is 0.381 e. The molecule has 2 fully saturated rings. The summed E-state index contributed by atoms with van der Waals surface area (Å²) in [5.41, 5.74) is 3.77. The maximum atomic E-state index is 13.3. The van der Waals surface area contributed by atoms with E-state index >= 15 is 0 Å². The van der Waals surface area contributed by atoms with Crippen molar-refractivity contribution in [3.05, 3.63) is 34.0 Å². The summed E-state index contributed by atoms with van der Waals surface area (Å²) in [6, 6.07) is 4.39. The van der Waals surface area contributed by atoms with Gasteiger partial charge in [0.15, 0.2) is 0 Å². The maximum absolute atomic E-state index is 13.3. The molecule has 1 saturated heterocycles. The van der Waals surface area contributed by atoms with Crippen molar-refractivity contribution in [1.82, 2.24) is 9.88 Å². The number of thiazole rings is 1. The molecule has 1 aliphatic carbocycles. The third-order valence-corrected chi connectivity index (χ3v) is 9.41. The number of amides is 1. The molecule has 2 aliphatic heterocycles. The third-order valence-electron chi connectivity index (χ3n) is 6.66. The Bertz CT molecular complexity index is 1060. The summed E-state index contributed by atoms with van der Waals surface area (Å²) in [4.78, 5) is 21.2. The van der Waals surface area contributed by atoms with Gasteiger partial charge in [0.2, 0.25) is 0 Å². The van der Waals surface area contributed by atoms with Crippen LogP contribution in [0.1, 0.15) is 46.4 Å². The number of nitrogens with zero attached hydrogens (tertiary/aromatic N) is 2. The van der Waals surface area contributed by atoms with Gasteiger partial charge in [0.25, 0.3) is 5.91 Å². The molecule has 1 saturated carbocycles. The molecule has 30 heavy (non-hydrogen) atoms. The summed E-state index contributed by atoms with van der Waals surface area (Å²) >= 11 is 1.72. The zero-order chi connectivity index (χ0) is 21.2. The standard InChI is InChI=1S/C23H29N2O3PS/c1-13-22(30-20(24-13)7-15-11-28-12-15)17-8-18-10-25(14(2)16-5-6-16)23(26)21(18)19(9-17)29(3,4)27/h8-9,14-16H,5-7,10-12H2,1-4H3/t14-/m0/s1. The van der Waals surface area contributed by atoms with E-state index in [9.17, 15) is 9.36 Å². The molecular formula is C23H29N2O3PS. The molecular weight excluding hydrogens is 415 g/mol. The molecule has 1 amide bonds. The van der Waals surface area contributed by atoms with E-state index < -0.39 is 7.14 Å². The quantitative estimate of drug-likeness (QED) is 0.623. The molecule has 1 aromatic heterocycles. The molecule has 1 atom stereocenters. The van der Waals surface area contributed by atoms with E-state index in [2.05, 4.69) is 13.0 Å². The zero-order valence-electron chi connectivity index (χ0n) is 18.1. The minimum absolute atomic E-state index is 0.0570. The van der Waals surface area contributed by atoms with Crippen molar-refractivity contribution in [3.8, 4) is 10.4 Å². The van der Waals surface area contributed by atoms with Gasteiger partial charge in [-0.25, -0.2) is 4.98 Å². The van der Waals surface area contributed by atoms with Crippen LogP contribution in [0.3, 0.4) is 0 Å². The van der Waals surface area contributed by atoms with Gasteiger partial charge < -0.3 is 14.2 Å². The predicted molar refractivity (Wildman–Crippen MR) is 121 cm³/mol. The Morgan fingerprint density at radius 3 is 2.63 bits per heavy atom. The summed E-state index contributed by atoms with van der Waals surface area (Å²) in [6.45, 7) is 10.0. The molecule has 160 valence electrons. The number of aryl methyl sites for hydroxylation is 1. The molecule has 0 unspecified atom stereocenters. The van der Waals surface area contributed by atoms with Crippen LogP contribution >= 0.6 is 18.5 Å². The van der Waals surface area contributed by atoms with E-state index in [0.29, 0.717) is 23.9 Å². The first-order chi connectivity index (χ1) is 14.2. The zero-order valence-corrected chi connectivity index (χ0v) is 19.8. The van der Waals surface area contributed by atoms with E-state index in [0.717, 1.165) is 51.6 Å². The number of fused-ring (bicyclic) bond motifs is 1. The average molecular weight is 445 g/mol. The smallest absolute Gasteiger partial charge is 0.255 e. The number of carbonyl (C=O) groups excluding carboxylic acids is 1. The van der Waals surface area contributed by atoms with Crippen molar-refractivity contribution in [3.63, 3.8) is 0 Å². The molecule has 0 bridgehead atoms. The Balaban J connectivity index is 1.55. The van der Waals surface area contributed by atoms with Crippen LogP contribution in [0, 0.1) is 18.8 Å². The van der Waals surface area contributed by atoms with Crippen LogP contribution in [-0.4, -0.2) is 48.4 Å². The summed E-state index contributed by atoms with van der Waals surface area (Å²) in [5, 5.41) is 1.86. The number of benzene rings is 1. The third kappa shape index (κ3) is 3.57. The van der Waals surface area contributed by atoms with Gasteiger partial charge in [-0.1, -0.05) is 0 Å². The molecule has 3 heterocycles. The van der Waals surface area contributed by atoms with Gasteiger partial charge in [-0.15, -0.1) is 11.3 Å². The minimum Gasteiger partial charge on any atom is -0.381 e. The lowest BCUT2D eigenvalue weighted by Gasteiger charge is -2.24. The van der Waals surface area contributed by atoms with Crippen molar-refractivity contribution in [2.75, 3.05) is 26.5 Å². The topological polar surface area (TPSA) is 59.5 Å². The molecule has 2 aromatic rings. The number of carbonyl (C=O) groups is 1. The molecule has 7 heteroatoms. The van der Waals surface area contributed by atoms with Gasteiger partial charge in [-0.3, -0.25) is 4.79 Å². The first-order valence-corrected chi connectivity index (χ1v) is 14.2. The second kappa shape index (κ2) is 7.29. The summed E-state index contributed by atoms with van der Waals surface area (Å²) in [7, 11) is -2.62. The van der Waals surface area contributed by atoms with Crippen LogP contribution < -0.4 is 5.30 Å². The predicted octanol–water partition coefficient (Wildman–Crippen LogP) is 4.31. The van der Waals surface area contributed by atoms with Crippen LogP contribution in [0.4, 0.5) is 0 Å². The van der Waals surface area contributed by atoms with Crippen LogP contribution in [0.15, 0.2) is 12.1 Å². The van der Waals surface area contributed by atoms with Crippen molar-refractivity contribution >= 4 is 29.7 Å². The Labute approximate surface area is 182 Å². The lowest BCUT2D eigenvalue weighted by atomic mass is 10.0. The first kappa shape index (κ1) is 20.4. The second-order valence-corrected chi connectivity index (χ2v) is 13.8. The fourth-order valence-corrected chi connectivity index (χ4v) is 7.02. The van der Waals surface area contributed by atoms with Crippen molar-refractivity contribution in [1.29, 1.82) is 0 Å². The summed E-state index contributed by atoms with van der Waals surface area (Å²) < 4.78 is 18.5. The normalized spacial score (nSPS) is 20.4. The van der Waals surface area contributed by atoms with E-state index in [1.54, 1.807) is 24.7 Å². The van der Waals surface area contributed by atoms with Gasteiger partial charge in [-0.05, 0) is 69.2 Å². The van der Waals surface area contributed by atoms with Crippen molar-refractivity contribution in [2.24, 2.45) is 11.8 Å². The number of hydrogen-bond acceptors (Lipinski definition) is 5. The first-order valence-electron chi connectivity index (χ1n) is 10.8. The molecule has 5 rings (SSSR count). The highest BCUT2D eigenvalue weighted by Gasteiger charge is 2.41. The fraction of sp³-hybridized carbons (Fsp3) is 0.565. The molecule has 5 nitrogen and oxygen atoms in total. The second-order valence-electron chi connectivity index (χ2n) is 9.52. The number of hydrogen-bond donors (Lipinski definition) is 0. The van der Waals surface area contributed by atoms with Gasteiger partial charge >= 0.3 is 0 Å². The van der Waals surface area contributed by atoms with E-state index in [-0.39, 0.29) is 11.9 Å². The van der Waals surface area contributed by atoms with Gasteiger partial charge in [0, 0.05) is 30.2 Å². The fourth-order valence-electron chi connectivity index (χ4n) is 4.63. The van der Waals surface area contributed by atoms with Crippen LogP contribution in [0.5, 0.6) is 0 Å². The van der Waals surface area contributed by atoms with Crippen molar-refractivity contribution < 1.29 is 14.1 Å². The highest BCUT2D eigenvalue weighted by molar-refractivity contribution is 7.70. The van der Waals surface area contributed by atoms with E-state index in [4.69, 9.17) is 9.72 Å². The Morgan fingerprint density at radius 1 is 1.30 bits per heavy atom. The Hall–Kier alpha value is -1.49. The van der Waals surface area contributed by atoms with Crippen LogP contribution in [-0.2, 0) is 22.3 Å². The molecule has 1 aromatic carbocycles. The highest BCUT2D eigenvalue weighted by Crippen LogP contribution is 2.44. The lowest BCUT2D eigenvalue weighted by molar-refractivity contribution is -0.0312. The van der Waals surface area contributed by atoms with Gasteiger partial charge in [0.05, 0.1) is 34.4 Å². The Kier molecular flexibility index (Phi) is 4.96. The molecule has 0 spiro atoms.